The van der Waals surface area contributed by atoms with Crippen molar-refractivity contribution in [3.8, 4) is 0 Å². The number of rotatable bonds is 2. The summed E-state index contributed by atoms with van der Waals surface area (Å²) in [5, 5.41) is 2.17. The lowest BCUT2D eigenvalue weighted by Crippen LogP contribution is -2.11. The summed E-state index contributed by atoms with van der Waals surface area (Å²) in [5.74, 6) is 0. The molecule has 0 saturated heterocycles. The Bertz CT molecular complexity index is 542. The van der Waals surface area contributed by atoms with Crippen molar-refractivity contribution in [2.24, 2.45) is 5.73 Å². The van der Waals surface area contributed by atoms with E-state index in [2.05, 4.69) is 36.6 Å². The van der Waals surface area contributed by atoms with Gasteiger partial charge in [-0.05, 0) is 59.9 Å². The van der Waals surface area contributed by atoms with Crippen molar-refractivity contribution in [3.63, 3.8) is 0 Å². The first-order valence-electron chi connectivity index (χ1n) is 6.16. The van der Waals surface area contributed by atoms with E-state index in [0.717, 1.165) is 0 Å². The first kappa shape index (κ1) is 11.0. The van der Waals surface area contributed by atoms with Crippen molar-refractivity contribution < 1.29 is 0 Å². The summed E-state index contributed by atoms with van der Waals surface area (Å²) in [7, 11) is 0. The van der Waals surface area contributed by atoms with Crippen molar-refractivity contribution in [1.29, 1.82) is 0 Å². The SMILES string of the molecule is Cc1cc(C(N)c2ccc3c(c2)CCC3)cs1. The van der Waals surface area contributed by atoms with Crippen LogP contribution < -0.4 is 5.73 Å². The molecule has 0 radical (unpaired) electrons. The first-order chi connectivity index (χ1) is 8.24. The smallest absolute Gasteiger partial charge is 0.0560 e. The fraction of sp³-hybridized carbons (Fsp3) is 0.333. The van der Waals surface area contributed by atoms with Gasteiger partial charge in [-0.2, -0.15) is 0 Å². The molecule has 0 bridgehead atoms. The van der Waals surface area contributed by atoms with Gasteiger partial charge in [0.05, 0.1) is 6.04 Å². The third kappa shape index (κ3) is 2.03. The highest BCUT2D eigenvalue weighted by atomic mass is 32.1. The highest BCUT2D eigenvalue weighted by molar-refractivity contribution is 7.10. The molecule has 2 N–H and O–H groups in total. The van der Waals surface area contributed by atoms with E-state index in [4.69, 9.17) is 5.73 Å². The van der Waals surface area contributed by atoms with E-state index >= 15 is 0 Å². The highest BCUT2D eigenvalue weighted by Crippen LogP contribution is 2.28. The van der Waals surface area contributed by atoms with Crippen molar-refractivity contribution in [3.05, 3.63) is 56.8 Å². The minimum absolute atomic E-state index is 0.0332. The molecular formula is C15H17NS. The number of fused-ring (bicyclic) bond motifs is 1. The van der Waals surface area contributed by atoms with Crippen molar-refractivity contribution >= 4 is 11.3 Å². The molecule has 0 saturated carbocycles. The zero-order chi connectivity index (χ0) is 11.8. The third-order valence-corrected chi connectivity index (χ3v) is 4.47. The largest absolute Gasteiger partial charge is 0.320 e. The molecule has 0 amide bonds. The normalized spacial score (nSPS) is 15.9. The maximum Gasteiger partial charge on any atom is 0.0560 e. The second kappa shape index (κ2) is 4.28. The summed E-state index contributed by atoms with van der Waals surface area (Å²) in [6, 6.07) is 8.99. The Labute approximate surface area is 106 Å². The fourth-order valence-corrected chi connectivity index (χ4v) is 3.35. The summed E-state index contributed by atoms with van der Waals surface area (Å²) in [6.45, 7) is 2.13. The first-order valence-corrected chi connectivity index (χ1v) is 7.04. The Morgan fingerprint density at radius 2 is 1.94 bits per heavy atom. The second-order valence-corrected chi connectivity index (χ2v) is 5.97. The minimum atomic E-state index is 0.0332. The molecule has 88 valence electrons. The van der Waals surface area contributed by atoms with Gasteiger partial charge < -0.3 is 5.73 Å². The average Bonchev–Trinajstić information content (AvgIpc) is 2.95. The molecule has 2 aromatic rings. The van der Waals surface area contributed by atoms with Gasteiger partial charge in [0.25, 0.3) is 0 Å². The zero-order valence-corrected chi connectivity index (χ0v) is 10.9. The molecule has 0 spiro atoms. The van der Waals surface area contributed by atoms with Gasteiger partial charge >= 0.3 is 0 Å². The predicted molar refractivity (Wildman–Crippen MR) is 73.6 cm³/mol. The summed E-state index contributed by atoms with van der Waals surface area (Å²) >= 11 is 1.77. The van der Waals surface area contributed by atoms with Crippen LogP contribution in [0.25, 0.3) is 0 Å². The lowest BCUT2D eigenvalue weighted by atomic mass is 9.98. The quantitative estimate of drug-likeness (QED) is 0.857. The van der Waals surface area contributed by atoms with Gasteiger partial charge in [0.15, 0.2) is 0 Å². The summed E-state index contributed by atoms with van der Waals surface area (Å²) in [6.07, 6.45) is 3.76. The van der Waals surface area contributed by atoms with Crippen LogP contribution in [0.1, 0.15) is 39.6 Å². The molecule has 1 aromatic carbocycles. The Kier molecular flexibility index (Phi) is 2.77. The summed E-state index contributed by atoms with van der Waals surface area (Å²) < 4.78 is 0. The second-order valence-electron chi connectivity index (χ2n) is 4.85. The van der Waals surface area contributed by atoms with E-state index < -0.39 is 0 Å². The van der Waals surface area contributed by atoms with Crippen LogP contribution in [-0.2, 0) is 12.8 Å². The lowest BCUT2D eigenvalue weighted by molar-refractivity contribution is 0.871. The van der Waals surface area contributed by atoms with Crippen molar-refractivity contribution in [1.82, 2.24) is 0 Å². The van der Waals surface area contributed by atoms with Crippen LogP contribution in [0.4, 0.5) is 0 Å². The van der Waals surface area contributed by atoms with Crippen molar-refractivity contribution in [2.45, 2.75) is 32.2 Å². The topological polar surface area (TPSA) is 26.0 Å². The van der Waals surface area contributed by atoms with Gasteiger partial charge in [0, 0.05) is 4.88 Å². The van der Waals surface area contributed by atoms with Crippen LogP contribution in [0.15, 0.2) is 29.6 Å². The van der Waals surface area contributed by atoms with Gasteiger partial charge in [-0.25, -0.2) is 0 Å². The molecular weight excluding hydrogens is 226 g/mol. The minimum Gasteiger partial charge on any atom is -0.320 e. The monoisotopic (exact) mass is 243 g/mol. The molecule has 1 nitrogen and oxygen atoms in total. The summed E-state index contributed by atoms with van der Waals surface area (Å²) in [5.41, 5.74) is 11.8. The number of thiophene rings is 1. The maximum absolute atomic E-state index is 6.33. The maximum atomic E-state index is 6.33. The van der Waals surface area contributed by atoms with Crippen LogP contribution >= 0.6 is 11.3 Å². The number of aryl methyl sites for hydroxylation is 3. The van der Waals surface area contributed by atoms with E-state index in [1.54, 1.807) is 11.3 Å². The molecule has 1 atom stereocenters. The fourth-order valence-electron chi connectivity index (χ4n) is 2.60. The number of benzene rings is 1. The van der Waals surface area contributed by atoms with Gasteiger partial charge in [-0.3, -0.25) is 0 Å². The van der Waals surface area contributed by atoms with Gasteiger partial charge in [-0.1, -0.05) is 18.2 Å². The molecule has 1 aliphatic rings. The van der Waals surface area contributed by atoms with Crippen LogP contribution in [0.3, 0.4) is 0 Å². The van der Waals surface area contributed by atoms with Gasteiger partial charge in [-0.15, -0.1) is 11.3 Å². The zero-order valence-electron chi connectivity index (χ0n) is 10.1. The number of nitrogens with two attached hydrogens (primary N) is 1. The Balaban J connectivity index is 1.94. The molecule has 0 aliphatic heterocycles. The van der Waals surface area contributed by atoms with E-state index in [1.165, 1.54) is 46.4 Å². The Hall–Kier alpha value is -1.12. The molecule has 1 aliphatic carbocycles. The molecule has 3 rings (SSSR count). The lowest BCUT2D eigenvalue weighted by Gasteiger charge is -2.12. The average molecular weight is 243 g/mol. The number of hydrogen-bond acceptors (Lipinski definition) is 2. The van der Waals surface area contributed by atoms with Gasteiger partial charge in [0.1, 0.15) is 0 Å². The van der Waals surface area contributed by atoms with Crippen LogP contribution in [0.5, 0.6) is 0 Å². The molecule has 1 unspecified atom stereocenters. The van der Waals surface area contributed by atoms with E-state index in [0.29, 0.717) is 0 Å². The molecule has 1 heterocycles. The van der Waals surface area contributed by atoms with Crippen molar-refractivity contribution in [2.75, 3.05) is 0 Å². The Morgan fingerprint density at radius 3 is 2.71 bits per heavy atom. The molecule has 2 heteroatoms. The highest BCUT2D eigenvalue weighted by Gasteiger charge is 2.15. The van der Waals surface area contributed by atoms with E-state index in [9.17, 15) is 0 Å². The molecule has 0 fully saturated rings. The third-order valence-electron chi connectivity index (χ3n) is 3.59. The van der Waals surface area contributed by atoms with Crippen LogP contribution in [-0.4, -0.2) is 0 Å². The standard InChI is InChI=1S/C15H17NS/c1-10-7-14(9-17-10)15(16)13-6-5-11-3-2-4-12(11)8-13/h5-9,15H,2-4,16H2,1H3. The number of hydrogen-bond donors (Lipinski definition) is 1. The van der Waals surface area contributed by atoms with Crippen LogP contribution in [0, 0.1) is 6.92 Å². The summed E-state index contributed by atoms with van der Waals surface area (Å²) in [4.78, 5) is 1.33. The predicted octanol–water partition coefficient (Wildman–Crippen LogP) is 3.59. The van der Waals surface area contributed by atoms with Crippen LogP contribution in [0.2, 0.25) is 0 Å². The molecule has 1 aromatic heterocycles. The van der Waals surface area contributed by atoms with E-state index in [1.807, 2.05) is 0 Å². The van der Waals surface area contributed by atoms with E-state index in [-0.39, 0.29) is 6.04 Å². The van der Waals surface area contributed by atoms with Gasteiger partial charge in [0.2, 0.25) is 0 Å². The molecule has 17 heavy (non-hydrogen) atoms. The Morgan fingerprint density at radius 1 is 1.12 bits per heavy atom.